The molecule has 0 aliphatic heterocycles. The zero-order valence-electron chi connectivity index (χ0n) is 12.3. The van der Waals surface area contributed by atoms with E-state index in [9.17, 15) is 0 Å². The fraction of sp³-hybridized carbons (Fsp3) is 0.643. The van der Waals surface area contributed by atoms with Crippen LogP contribution in [-0.4, -0.2) is 36.1 Å². The highest BCUT2D eigenvalue weighted by Crippen LogP contribution is 2.04. The van der Waals surface area contributed by atoms with Gasteiger partial charge in [-0.1, -0.05) is 13.8 Å². The minimum absolute atomic E-state index is 0.716. The van der Waals surface area contributed by atoms with Gasteiger partial charge in [0.25, 0.3) is 0 Å². The molecular formula is C14H26N4. The number of hydrogen-bond donors (Lipinski definition) is 1. The van der Waals surface area contributed by atoms with Gasteiger partial charge in [0.05, 0.1) is 6.54 Å². The number of aliphatic imine (C=N–C) groups is 1. The summed E-state index contributed by atoms with van der Waals surface area (Å²) in [5, 5.41) is 3.40. The topological polar surface area (TPSA) is 32.6 Å². The predicted molar refractivity (Wildman–Crippen MR) is 77.7 cm³/mol. The quantitative estimate of drug-likeness (QED) is 0.641. The van der Waals surface area contributed by atoms with Crippen LogP contribution in [0.3, 0.4) is 0 Å². The third kappa shape index (κ3) is 4.43. The van der Waals surface area contributed by atoms with Gasteiger partial charge in [-0.2, -0.15) is 0 Å². The van der Waals surface area contributed by atoms with Crippen LogP contribution < -0.4 is 5.32 Å². The van der Waals surface area contributed by atoms with E-state index in [-0.39, 0.29) is 0 Å². The van der Waals surface area contributed by atoms with Crippen molar-refractivity contribution in [1.29, 1.82) is 0 Å². The lowest BCUT2D eigenvalue weighted by atomic mass is 10.1. The molecule has 0 aromatic carbocycles. The van der Waals surface area contributed by atoms with Crippen LogP contribution in [0.2, 0.25) is 0 Å². The number of nitrogens with one attached hydrogen (secondary N) is 1. The molecule has 0 fully saturated rings. The molecule has 1 aromatic heterocycles. The lowest BCUT2D eigenvalue weighted by Gasteiger charge is -2.22. The van der Waals surface area contributed by atoms with Gasteiger partial charge in [-0.05, 0) is 24.5 Å². The van der Waals surface area contributed by atoms with Crippen molar-refractivity contribution in [3.8, 4) is 0 Å². The van der Waals surface area contributed by atoms with E-state index in [1.807, 2.05) is 7.05 Å². The van der Waals surface area contributed by atoms with Crippen molar-refractivity contribution >= 4 is 5.96 Å². The molecule has 0 atom stereocenters. The summed E-state index contributed by atoms with van der Waals surface area (Å²) < 4.78 is 2.14. The second-order valence-corrected chi connectivity index (χ2v) is 5.12. The Morgan fingerprint density at radius 1 is 1.50 bits per heavy atom. The minimum Gasteiger partial charge on any atom is -0.356 e. The fourth-order valence-corrected chi connectivity index (χ4v) is 1.84. The molecular weight excluding hydrogens is 224 g/mol. The molecule has 0 spiro atoms. The van der Waals surface area contributed by atoms with Crippen LogP contribution in [0.15, 0.2) is 23.3 Å². The number of nitrogens with zero attached hydrogens (tertiary/aromatic N) is 3. The van der Waals surface area contributed by atoms with Crippen molar-refractivity contribution in [3.05, 3.63) is 24.0 Å². The highest BCUT2D eigenvalue weighted by Gasteiger charge is 2.07. The molecule has 0 unspecified atom stereocenters. The number of guanidine groups is 1. The lowest BCUT2D eigenvalue weighted by molar-refractivity contribution is 0.456. The maximum Gasteiger partial charge on any atom is 0.193 e. The molecule has 18 heavy (non-hydrogen) atoms. The summed E-state index contributed by atoms with van der Waals surface area (Å²) in [5.74, 6) is 1.67. The van der Waals surface area contributed by atoms with Crippen LogP contribution in [0, 0.1) is 5.92 Å². The fourth-order valence-electron chi connectivity index (χ4n) is 1.84. The van der Waals surface area contributed by atoms with E-state index in [1.165, 1.54) is 5.69 Å². The van der Waals surface area contributed by atoms with Crippen LogP contribution in [0.1, 0.15) is 26.0 Å². The van der Waals surface area contributed by atoms with Crippen molar-refractivity contribution in [2.24, 2.45) is 18.0 Å². The van der Waals surface area contributed by atoms with Crippen LogP contribution in [0.5, 0.6) is 0 Å². The molecule has 0 saturated carbocycles. The molecule has 4 heteroatoms. The molecule has 0 radical (unpaired) electrons. The zero-order valence-corrected chi connectivity index (χ0v) is 12.3. The highest BCUT2D eigenvalue weighted by atomic mass is 15.3. The molecule has 1 heterocycles. The number of hydrogen-bond acceptors (Lipinski definition) is 1. The smallest absolute Gasteiger partial charge is 0.193 e. The molecule has 1 N–H and O–H groups in total. The third-order valence-electron chi connectivity index (χ3n) is 3.03. The van der Waals surface area contributed by atoms with Gasteiger partial charge >= 0.3 is 0 Å². The molecule has 0 amide bonds. The number of rotatable bonds is 5. The van der Waals surface area contributed by atoms with Gasteiger partial charge < -0.3 is 14.8 Å². The predicted octanol–water partition coefficient (Wildman–Crippen LogP) is 2.08. The molecule has 0 saturated heterocycles. The van der Waals surface area contributed by atoms with Gasteiger partial charge in [0.2, 0.25) is 0 Å². The van der Waals surface area contributed by atoms with Gasteiger partial charge in [0.1, 0.15) is 0 Å². The summed E-state index contributed by atoms with van der Waals surface area (Å²) in [6.07, 6.45) is 3.23. The van der Waals surface area contributed by atoms with Crippen LogP contribution in [0.4, 0.5) is 0 Å². The Kier molecular flexibility index (Phi) is 5.75. The van der Waals surface area contributed by atoms with Crippen molar-refractivity contribution in [2.45, 2.75) is 26.8 Å². The van der Waals surface area contributed by atoms with Crippen LogP contribution in [0.25, 0.3) is 0 Å². The summed E-state index contributed by atoms with van der Waals surface area (Å²) in [6, 6.07) is 4.20. The summed E-state index contributed by atoms with van der Waals surface area (Å²) >= 11 is 0. The maximum atomic E-state index is 4.32. The Morgan fingerprint density at radius 2 is 2.22 bits per heavy atom. The molecule has 0 bridgehead atoms. The van der Waals surface area contributed by atoms with E-state index in [1.54, 1.807) is 0 Å². The van der Waals surface area contributed by atoms with Gasteiger partial charge in [-0.15, -0.1) is 0 Å². The Bertz CT molecular complexity index is 379. The molecule has 0 aliphatic carbocycles. The molecule has 0 aliphatic rings. The van der Waals surface area contributed by atoms with Gasteiger partial charge in [-0.3, -0.25) is 4.99 Å². The summed E-state index contributed by atoms with van der Waals surface area (Å²) in [4.78, 5) is 6.47. The summed E-state index contributed by atoms with van der Waals surface area (Å²) in [5.41, 5.74) is 1.28. The van der Waals surface area contributed by atoms with Gasteiger partial charge in [0.15, 0.2) is 5.96 Å². The molecule has 102 valence electrons. The first-order valence-corrected chi connectivity index (χ1v) is 6.56. The van der Waals surface area contributed by atoms with Crippen LogP contribution in [-0.2, 0) is 13.6 Å². The third-order valence-corrected chi connectivity index (χ3v) is 3.03. The molecule has 1 aromatic rings. The number of aryl methyl sites for hydroxylation is 1. The van der Waals surface area contributed by atoms with Crippen LogP contribution >= 0.6 is 0 Å². The minimum atomic E-state index is 0.716. The Hall–Kier alpha value is -1.45. The van der Waals surface area contributed by atoms with E-state index in [2.05, 4.69) is 66.0 Å². The lowest BCUT2D eigenvalue weighted by Crippen LogP contribution is -2.39. The van der Waals surface area contributed by atoms with E-state index in [0.717, 1.165) is 25.5 Å². The number of aromatic nitrogens is 1. The highest BCUT2D eigenvalue weighted by molar-refractivity contribution is 5.79. The SMILES string of the molecule is CN=C(NCCC(C)C)N(C)Cc1cccn1C. The van der Waals surface area contributed by atoms with Crippen molar-refractivity contribution < 1.29 is 0 Å². The van der Waals surface area contributed by atoms with Crippen molar-refractivity contribution in [1.82, 2.24) is 14.8 Å². The standard InChI is InChI=1S/C14H26N4/c1-12(2)8-9-16-14(15-3)18(5)11-13-7-6-10-17(13)4/h6-7,10,12H,8-9,11H2,1-5H3,(H,15,16). The first-order valence-electron chi connectivity index (χ1n) is 6.56. The Labute approximate surface area is 111 Å². The normalized spacial score (nSPS) is 12.0. The monoisotopic (exact) mass is 250 g/mol. The van der Waals surface area contributed by atoms with Crippen molar-refractivity contribution in [3.63, 3.8) is 0 Å². The Balaban J connectivity index is 2.48. The second-order valence-electron chi connectivity index (χ2n) is 5.12. The average molecular weight is 250 g/mol. The van der Waals surface area contributed by atoms with Gasteiger partial charge in [-0.25, -0.2) is 0 Å². The average Bonchev–Trinajstić information content (AvgIpc) is 2.70. The van der Waals surface area contributed by atoms with E-state index in [4.69, 9.17) is 0 Å². The second kappa shape index (κ2) is 7.09. The largest absolute Gasteiger partial charge is 0.356 e. The first-order chi connectivity index (χ1) is 8.54. The van der Waals surface area contributed by atoms with E-state index < -0.39 is 0 Å². The molecule has 4 nitrogen and oxygen atoms in total. The van der Waals surface area contributed by atoms with E-state index in [0.29, 0.717) is 5.92 Å². The molecule has 1 rings (SSSR count). The summed E-state index contributed by atoms with van der Waals surface area (Å²) in [6.45, 7) is 6.31. The van der Waals surface area contributed by atoms with Crippen molar-refractivity contribution in [2.75, 3.05) is 20.6 Å². The first kappa shape index (κ1) is 14.6. The maximum absolute atomic E-state index is 4.32. The van der Waals surface area contributed by atoms with E-state index >= 15 is 0 Å². The Morgan fingerprint density at radius 3 is 2.72 bits per heavy atom. The summed E-state index contributed by atoms with van der Waals surface area (Å²) in [7, 11) is 5.97. The van der Waals surface area contributed by atoms with Gasteiger partial charge in [0, 0.05) is 39.6 Å². The zero-order chi connectivity index (χ0) is 13.5.